The zero-order chi connectivity index (χ0) is 10.7. The molecule has 15 heavy (non-hydrogen) atoms. The van der Waals surface area contributed by atoms with Gasteiger partial charge in [0.1, 0.15) is 18.5 Å². The van der Waals surface area contributed by atoms with E-state index in [1.54, 1.807) is 7.11 Å². The Morgan fingerprint density at radius 1 is 1.47 bits per heavy atom. The molecule has 1 unspecified atom stereocenters. The van der Waals surface area contributed by atoms with Crippen molar-refractivity contribution in [3.63, 3.8) is 0 Å². The van der Waals surface area contributed by atoms with Crippen molar-refractivity contribution in [3.05, 3.63) is 29.8 Å². The molecule has 0 radical (unpaired) electrons. The van der Waals surface area contributed by atoms with Crippen LogP contribution in [-0.4, -0.2) is 26.0 Å². The molecule has 1 fully saturated rings. The first-order chi connectivity index (χ1) is 7.29. The number of ether oxygens (including phenoxy) is 3. The number of carbonyl (C=O) groups is 1. The van der Waals surface area contributed by atoms with E-state index in [9.17, 15) is 4.79 Å². The second kappa shape index (κ2) is 4.21. The Bertz CT molecular complexity index is 361. The first-order valence-corrected chi connectivity index (χ1v) is 4.75. The van der Waals surface area contributed by atoms with E-state index in [0.29, 0.717) is 13.0 Å². The number of hydrogen-bond donors (Lipinski definition) is 0. The normalized spacial score (nSPS) is 19.5. The molecular weight excluding hydrogens is 196 g/mol. The monoisotopic (exact) mass is 208 g/mol. The van der Waals surface area contributed by atoms with Gasteiger partial charge >= 0.3 is 6.16 Å². The van der Waals surface area contributed by atoms with Crippen LogP contribution < -0.4 is 4.74 Å². The van der Waals surface area contributed by atoms with E-state index in [1.807, 2.05) is 24.3 Å². The summed E-state index contributed by atoms with van der Waals surface area (Å²) in [7, 11) is 1.62. The van der Waals surface area contributed by atoms with Crippen molar-refractivity contribution >= 4 is 6.16 Å². The standard InChI is InChI=1S/C11H12O4/c1-13-10-5-3-2-4-8(10)6-9-7-14-11(12)15-9/h2-5,9H,6-7H2,1H3. The fraction of sp³-hybridized carbons (Fsp3) is 0.364. The molecule has 1 aliphatic heterocycles. The molecule has 0 saturated carbocycles. The zero-order valence-corrected chi connectivity index (χ0v) is 8.43. The summed E-state index contributed by atoms with van der Waals surface area (Å²) >= 11 is 0. The van der Waals surface area contributed by atoms with Crippen molar-refractivity contribution in [2.24, 2.45) is 0 Å². The van der Waals surface area contributed by atoms with Gasteiger partial charge in [-0.3, -0.25) is 0 Å². The highest BCUT2D eigenvalue weighted by Gasteiger charge is 2.25. The van der Waals surface area contributed by atoms with Crippen molar-refractivity contribution in [1.82, 2.24) is 0 Å². The van der Waals surface area contributed by atoms with Crippen LogP contribution in [0.1, 0.15) is 5.56 Å². The Morgan fingerprint density at radius 2 is 2.27 bits per heavy atom. The molecule has 0 aromatic heterocycles. The van der Waals surface area contributed by atoms with Crippen LogP contribution in [0.2, 0.25) is 0 Å². The van der Waals surface area contributed by atoms with Gasteiger partial charge < -0.3 is 14.2 Å². The fourth-order valence-corrected chi connectivity index (χ4v) is 1.58. The van der Waals surface area contributed by atoms with E-state index in [0.717, 1.165) is 11.3 Å². The molecular formula is C11H12O4. The highest BCUT2D eigenvalue weighted by molar-refractivity contribution is 5.62. The molecule has 2 rings (SSSR count). The summed E-state index contributed by atoms with van der Waals surface area (Å²) in [5, 5.41) is 0. The predicted molar refractivity (Wildman–Crippen MR) is 52.9 cm³/mol. The maximum absolute atomic E-state index is 10.7. The molecule has 4 heteroatoms. The molecule has 0 aliphatic carbocycles. The van der Waals surface area contributed by atoms with Crippen LogP contribution >= 0.6 is 0 Å². The number of hydrogen-bond acceptors (Lipinski definition) is 4. The third-order valence-electron chi connectivity index (χ3n) is 2.29. The van der Waals surface area contributed by atoms with Crippen LogP contribution in [0, 0.1) is 0 Å². The van der Waals surface area contributed by atoms with Gasteiger partial charge in [0.2, 0.25) is 0 Å². The highest BCUT2D eigenvalue weighted by atomic mass is 16.8. The molecule has 1 heterocycles. The number of benzene rings is 1. The molecule has 0 N–H and O–H groups in total. The first-order valence-electron chi connectivity index (χ1n) is 4.75. The Balaban J connectivity index is 2.07. The van der Waals surface area contributed by atoms with Crippen molar-refractivity contribution in [2.45, 2.75) is 12.5 Å². The maximum atomic E-state index is 10.7. The quantitative estimate of drug-likeness (QED) is 0.710. The fourth-order valence-electron chi connectivity index (χ4n) is 1.58. The number of cyclic esters (lactones) is 2. The van der Waals surface area contributed by atoms with Gasteiger partial charge in [-0.25, -0.2) is 4.79 Å². The summed E-state index contributed by atoms with van der Waals surface area (Å²) in [6.07, 6.45) is -0.167. The topological polar surface area (TPSA) is 44.8 Å². The third-order valence-corrected chi connectivity index (χ3v) is 2.29. The Morgan fingerprint density at radius 3 is 2.93 bits per heavy atom. The van der Waals surface area contributed by atoms with Gasteiger partial charge in [-0.15, -0.1) is 0 Å². The van der Waals surface area contributed by atoms with Gasteiger partial charge in [0.15, 0.2) is 0 Å². The first kappa shape index (κ1) is 9.83. The lowest BCUT2D eigenvalue weighted by Gasteiger charge is -2.10. The van der Waals surface area contributed by atoms with E-state index in [4.69, 9.17) is 14.2 Å². The number of carbonyl (C=O) groups excluding carboxylic acids is 1. The summed E-state index contributed by atoms with van der Waals surface area (Å²) < 4.78 is 14.9. The summed E-state index contributed by atoms with van der Waals surface area (Å²) in [5.74, 6) is 0.806. The molecule has 1 aliphatic rings. The summed E-state index contributed by atoms with van der Waals surface area (Å²) in [4.78, 5) is 10.7. The Labute approximate surface area is 87.8 Å². The lowest BCUT2D eigenvalue weighted by atomic mass is 10.1. The minimum atomic E-state index is -0.588. The van der Waals surface area contributed by atoms with Crippen LogP contribution in [0.25, 0.3) is 0 Å². The van der Waals surface area contributed by atoms with Crippen LogP contribution in [0.3, 0.4) is 0 Å². The molecule has 0 bridgehead atoms. The molecule has 0 amide bonds. The zero-order valence-electron chi connectivity index (χ0n) is 8.43. The maximum Gasteiger partial charge on any atom is 0.508 e. The average molecular weight is 208 g/mol. The minimum absolute atomic E-state index is 0.200. The van der Waals surface area contributed by atoms with Crippen molar-refractivity contribution in [1.29, 1.82) is 0 Å². The van der Waals surface area contributed by atoms with E-state index in [-0.39, 0.29) is 6.10 Å². The molecule has 1 saturated heterocycles. The van der Waals surface area contributed by atoms with Gasteiger partial charge in [-0.2, -0.15) is 0 Å². The van der Waals surface area contributed by atoms with Crippen LogP contribution in [0.4, 0.5) is 4.79 Å². The third kappa shape index (κ3) is 2.21. The number of para-hydroxylation sites is 1. The summed E-state index contributed by atoms with van der Waals surface area (Å²) in [5.41, 5.74) is 1.02. The van der Waals surface area contributed by atoms with Crippen molar-refractivity contribution in [3.8, 4) is 5.75 Å². The van der Waals surface area contributed by atoms with Crippen LogP contribution in [-0.2, 0) is 15.9 Å². The lowest BCUT2D eigenvalue weighted by molar-refractivity contribution is 0.118. The molecule has 0 spiro atoms. The summed E-state index contributed by atoms with van der Waals surface area (Å²) in [6, 6.07) is 7.66. The van der Waals surface area contributed by atoms with Crippen molar-refractivity contribution < 1.29 is 19.0 Å². The largest absolute Gasteiger partial charge is 0.508 e. The van der Waals surface area contributed by atoms with E-state index >= 15 is 0 Å². The molecule has 1 aromatic rings. The predicted octanol–water partition coefficient (Wildman–Crippen LogP) is 1.77. The SMILES string of the molecule is COc1ccccc1CC1COC(=O)O1. The second-order valence-electron chi connectivity index (χ2n) is 3.32. The Kier molecular flexibility index (Phi) is 2.76. The molecule has 4 nitrogen and oxygen atoms in total. The second-order valence-corrected chi connectivity index (χ2v) is 3.32. The van der Waals surface area contributed by atoms with E-state index in [1.165, 1.54) is 0 Å². The van der Waals surface area contributed by atoms with Crippen LogP contribution in [0.5, 0.6) is 5.75 Å². The van der Waals surface area contributed by atoms with Crippen molar-refractivity contribution in [2.75, 3.05) is 13.7 Å². The molecule has 1 atom stereocenters. The van der Waals surface area contributed by atoms with Gasteiger partial charge in [-0.1, -0.05) is 18.2 Å². The van der Waals surface area contributed by atoms with Gasteiger partial charge in [0.05, 0.1) is 7.11 Å². The van der Waals surface area contributed by atoms with Gasteiger partial charge in [0.25, 0.3) is 0 Å². The minimum Gasteiger partial charge on any atom is -0.496 e. The van der Waals surface area contributed by atoms with E-state index in [2.05, 4.69) is 0 Å². The lowest BCUT2D eigenvalue weighted by Crippen LogP contribution is -2.13. The number of rotatable bonds is 3. The van der Waals surface area contributed by atoms with Gasteiger partial charge in [-0.05, 0) is 11.6 Å². The molecule has 80 valence electrons. The van der Waals surface area contributed by atoms with Crippen LogP contribution in [0.15, 0.2) is 24.3 Å². The molecule has 1 aromatic carbocycles. The smallest absolute Gasteiger partial charge is 0.496 e. The van der Waals surface area contributed by atoms with Gasteiger partial charge in [0, 0.05) is 6.42 Å². The Hall–Kier alpha value is -1.71. The average Bonchev–Trinajstić information content (AvgIpc) is 2.65. The highest BCUT2D eigenvalue weighted by Crippen LogP contribution is 2.21. The number of methoxy groups -OCH3 is 1. The summed E-state index contributed by atoms with van der Waals surface area (Å²) in [6.45, 7) is 0.316. The van der Waals surface area contributed by atoms with E-state index < -0.39 is 6.16 Å².